The Labute approximate surface area is 149 Å². The standard InChI is InChI=1S/C17H26N4S2/c1-2-3-6-13-9-11-15(12-10-13)19-17(23)21-20-16(22)18-14-7-4-5-8-14/h9-12,14H,2-8H2,1H3,(H2,18,20,22)(H2,19,21,23). The average Bonchev–Trinajstić information content (AvgIpc) is 3.05. The summed E-state index contributed by atoms with van der Waals surface area (Å²) >= 11 is 10.5. The van der Waals surface area contributed by atoms with Crippen LogP contribution in [-0.2, 0) is 6.42 Å². The van der Waals surface area contributed by atoms with E-state index in [1.54, 1.807) is 0 Å². The van der Waals surface area contributed by atoms with Gasteiger partial charge in [0.15, 0.2) is 10.2 Å². The lowest BCUT2D eigenvalue weighted by Crippen LogP contribution is -2.50. The van der Waals surface area contributed by atoms with Crippen LogP contribution in [0.5, 0.6) is 0 Å². The maximum absolute atomic E-state index is 5.27. The number of hydrogen-bond acceptors (Lipinski definition) is 2. The molecule has 0 amide bonds. The molecule has 2 rings (SSSR count). The highest BCUT2D eigenvalue weighted by Crippen LogP contribution is 2.17. The van der Waals surface area contributed by atoms with Crippen molar-refractivity contribution in [1.29, 1.82) is 0 Å². The lowest BCUT2D eigenvalue weighted by molar-refractivity contribution is 0.618. The SMILES string of the molecule is CCCCc1ccc(NC(=S)NNC(=S)NC2CCCC2)cc1. The minimum absolute atomic E-state index is 0.494. The fraction of sp³-hybridized carbons (Fsp3) is 0.529. The number of nitrogens with one attached hydrogen (secondary N) is 4. The second-order valence-corrected chi connectivity index (χ2v) is 6.78. The Morgan fingerprint density at radius 1 is 1.04 bits per heavy atom. The Kier molecular flexibility index (Phi) is 7.55. The number of thiocarbonyl (C=S) groups is 2. The molecule has 1 aromatic rings. The summed E-state index contributed by atoms with van der Waals surface area (Å²) in [6.45, 7) is 2.21. The number of unbranched alkanes of at least 4 members (excludes halogenated alkanes) is 1. The second-order valence-electron chi connectivity index (χ2n) is 5.96. The number of hydrogen-bond donors (Lipinski definition) is 4. The molecule has 6 heteroatoms. The summed E-state index contributed by atoms with van der Waals surface area (Å²) in [5.74, 6) is 0. The van der Waals surface area contributed by atoms with Gasteiger partial charge in [0.1, 0.15) is 0 Å². The van der Waals surface area contributed by atoms with E-state index in [1.165, 1.54) is 44.1 Å². The maximum atomic E-state index is 5.27. The van der Waals surface area contributed by atoms with Gasteiger partial charge in [0.25, 0.3) is 0 Å². The molecule has 0 saturated heterocycles. The first-order valence-corrected chi connectivity index (χ1v) is 9.21. The molecule has 1 aliphatic rings. The van der Waals surface area contributed by atoms with E-state index < -0.39 is 0 Å². The van der Waals surface area contributed by atoms with Crippen LogP contribution in [0.4, 0.5) is 5.69 Å². The third kappa shape index (κ3) is 6.71. The van der Waals surface area contributed by atoms with Crippen LogP contribution in [0.3, 0.4) is 0 Å². The first kappa shape index (κ1) is 17.9. The molecule has 23 heavy (non-hydrogen) atoms. The molecule has 4 N–H and O–H groups in total. The average molecular weight is 351 g/mol. The van der Waals surface area contributed by atoms with E-state index >= 15 is 0 Å². The van der Waals surface area contributed by atoms with Gasteiger partial charge in [0, 0.05) is 11.7 Å². The Hall–Kier alpha value is -1.40. The van der Waals surface area contributed by atoms with Gasteiger partial charge in [0.05, 0.1) is 0 Å². The van der Waals surface area contributed by atoms with Crippen molar-refractivity contribution in [1.82, 2.24) is 16.2 Å². The van der Waals surface area contributed by atoms with Gasteiger partial charge >= 0.3 is 0 Å². The van der Waals surface area contributed by atoms with Crippen molar-refractivity contribution in [2.24, 2.45) is 0 Å². The van der Waals surface area contributed by atoms with Crippen molar-refractivity contribution in [3.8, 4) is 0 Å². The van der Waals surface area contributed by atoms with Crippen LogP contribution >= 0.6 is 24.4 Å². The van der Waals surface area contributed by atoms with Crippen molar-refractivity contribution >= 4 is 40.3 Å². The molecule has 126 valence electrons. The molecule has 0 spiro atoms. The van der Waals surface area contributed by atoms with E-state index in [-0.39, 0.29) is 0 Å². The highest BCUT2D eigenvalue weighted by molar-refractivity contribution is 7.80. The van der Waals surface area contributed by atoms with E-state index in [2.05, 4.69) is 40.5 Å². The fourth-order valence-electron chi connectivity index (χ4n) is 2.70. The highest BCUT2D eigenvalue weighted by atomic mass is 32.1. The number of benzene rings is 1. The van der Waals surface area contributed by atoms with Crippen molar-refractivity contribution in [2.45, 2.75) is 57.9 Å². The van der Waals surface area contributed by atoms with Gasteiger partial charge in [-0.3, -0.25) is 10.9 Å². The zero-order valence-corrected chi connectivity index (χ0v) is 15.3. The molecule has 4 nitrogen and oxygen atoms in total. The smallest absolute Gasteiger partial charge is 0.189 e. The van der Waals surface area contributed by atoms with Gasteiger partial charge < -0.3 is 10.6 Å². The Bertz CT molecular complexity index is 510. The van der Waals surface area contributed by atoms with Gasteiger partial charge in [-0.2, -0.15) is 0 Å². The largest absolute Gasteiger partial charge is 0.359 e. The molecule has 0 heterocycles. The molecular weight excluding hydrogens is 324 g/mol. The molecular formula is C17H26N4S2. The minimum Gasteiger partial charge on any atom is -0.359 e. The molecule has 0 bridgehead atoms. The minimum atomic E-state index is 0.494. The van der Waals surface area contributed by atoms with Crippen LogP contribution in [0, 0.1) is 0 Å². The van der Waals surface area contributed by atoms with Crippen molar-refractivity contribution in [2.75, 3.05) is 5.32 Å². The summed E-state index contributed by atoms with van der Waals surface area (Å²) in [5.41, 5.74) is 8.19. The highest BCUT2D eigenvalue weighted by Gasteiger charge is 2.15. The molecule has 0 aromatic heterocycles. The number of hydrazine groups is 1. The summed E-state index contributed by atoms with van der Waals surface area (Å²) in [6, 6.07) is 8.87. The molecule has 1 saturated carbocycles. The quantitative estimate of drug-likeness (QED) is 0.480. The first-order chi connectivity index (χ1) is 11.2. The van der Waals surface area contributed by atoms with Crippen LogP contribution in [0.1, 0.15) is 51.0 Å². The summed E-state index contributed by atoms with van der Waals surface area (Å²) < 4.78 is 0. The van der Waals surface area contributed by atoms with E-state index in [0.717, 1.165) is 12.1 Å². The lowest BCUT2D eigenvalue weighted by atomic mass is 10.1. The lowest BCUT2D eigenvalue weighted by Gasteiger charge is -2.17. The topological polar surface area (TPSA) is 48.1 Å². The summed E-state index contributed by atoms with van der Waals surface area (Å²) in [4.78, 5) is 0. The van der Waals surface area contributed by atoms with E-state index in [9.17, 15) is 0 Å². The van der Waals surface area contributed by atoms with Gasteiger partial charge in [0.2, 0.25) is 0 Å². The molecule has 1 aliphatic carbocycles. The third-order valence-corrected chi connectivity index (χ3v) is 4.43. The summed E-state index contributed by atoms with van der Waals surface area (Å²) in [5, 5.41) is 7.54. The molecule has 0 unspecified atom stereocenters. The van der Waals surface area contributed by atoms with E-state index in [0.29, 0.717) is 16.3 Å². The van der Waals surface area contributed by atoms with Crippen LogP contribution < -0.4 is 21.5 Å². The van der Waals surface area contributed by atoms with Crippen LogP contribution in [0.15, 0.2) is 24.3 Å². The van der Waals surface area contributed by atoms with E-state index in [4.69, 9.17) is 24.4 Å². The van der Waals surface area contributed by atoms with Crippen molar-refractivity contribution in [3.63, 3.8) is 0 Å². The van der Waals surface area contributed by atoms with E-state index in [1.807, 2.05) is 12.1 Å². The van der Waals surface area contributed by atoms with Crippen LogP contribution in [0.2, 0.25) is 0 Å². The van der Waals surface area contributed by atoms with Gasteiger partial charge in [-0.05, 0) is 67.8 Å². The van der Waals surface area contributed by atoms with Gasteiger partial charge in [-0.1, -0.05) is 38.3 Å². The summed E-state index contributed by atoms with van der Waals surface area (Å²) in [6.07, 6.45) is 8.51. The Morgan fingerprint density at radius 3 is 2.35 bits per heavy atom. The second kappa shape index (κ2) is 9.67. The normalized spacial score (nSPS) is 14.3. The Balaban J connectivity index is 1.68. The molecule has 1 aromatic carbocycles. The van der Waals surface area contributed by atoms with Crippen LogP contribution in [0.25, 0.3) is 0 Å². The van der Waals surface area contributed by atoms with Crippen molar-refractivity contribution < 1.29 is 0 Å². The number of rotatable bonds is 5. The molecule has 1 fully saturated rings. The molecule has 0 radical (unpaired) electrons. The number of aryl methyl sites for hydroxylation is 1. The first-order valence-electron chi connectivity index (χ1n) is 8.40. The summed E-state index contributed by atoms with van der Waals surface area (Å²) in [7, 11) is 0. The van der Waals surface area contributed by atoms with Gasteiger partial charge in [-0.25, -0.2) is 0 Å². The fourth-order valence-corrected chi connectivity index (χ4v) is 3.09. The maximum Gasteiger partial charge on any atom is 0.189 e. The number of anilines is 1. The molecule has 0 aliphatic heterocycles. The predicted octanol–water partition coefficient (Wildman–Crippen LogP) is 3.64. The zero-order valence-electron chi connectivity index (χ0n) is 13.7. The zero-order chi connectivity index (χ0) is 16.5. The molecule has 0 atom stereocenters. The van der Waals surface area contributed by atoms with Crippen molar-refractivity contribution in [3.05, 3.63) is 29.8 Å². The third-order valence-electron chi connectivity index (χ3n) is 4.01. The predicted molar refractivity (Wildman–Crippen MR) is 106 cm³/mol. The van der Waals surface area contributed by atoms with Gasteiger partial charge in [-0.15, -0.1) is 0 Å². The monoisotopic (exact) mass is 350 g/mol. The van der Waals surface area contributed by atoms with Crippen LogP contribution in [-0.4, -0.2) is 16.3 Å². The Morgan fingerprint density at radius 2 is 1.70 bits per heavy atom.